The van der Waals surface area contributed by atoms with Crippen LogP contribution in [0.4, 0.5) is 0 Å². The summed E-state index contributed by atoms with van der Waals surface area (Å²) in [5.74, 6) is 4.07. The first kappa shape index (κ1) is 62.7. The van der Waals surface area contributed by atoms with Gasteiger partial charge < -0.3 is 18.8 Å². The van der Waals surface area contributed by atoms with Crippen LogP contribution in [0.25, 0.3) is 167 Å². The Morgan fingerprint density at radius 2 is 0.663 bits per heavy atom. The Labute approximate surface area is 605 Å². The molecule has 0 amide bonds. The van der Waals surface area contributed by atoms with E-state index in [1.165, 1.54) is 10.9 Å². The Morgan fingerprint density at radius 3 is 1.13 bits per heavy atom. The first-order chi connectivity index (χ1) is 51.5. The molecule has 0 bridgehead atoms. The smallest absolute Gasteiger partial charge is 0.537 e. The molecule has 12 aromatic carbocycles. The maximum atomic E-state index is 9.31. The summed E-state index contributed by atoms with van der Waals surface area (Å²) in [4.78, 5) is 39.2. The van der Waals surface area contributed by atoms with Crippen molar-refractivity contribution in [2.75, 3.05) is 0 Å². The molecule has 0 spiro atoms. The van der Waals surface area contributed by atoms with E-state index in [1.807, 2.05) is 205 Å². The largest absolute Gasteiger partial charge is 0.569 e. The molecule has 0 aliphatic carbocycles. The van der Waals surface area contributed by atoms with Crippen molar-refractivity contribution in [1.29, 1.82) is 0 Å². The molecule has 0 fully saturated rings. The molecular weight excluding hydrogens is 1350 g/mol. The highest BCUT2D eigenvalue weighted by Crippen LogP contribution is 2.43. The highest BCUT2D eigenvalue weighted by atomic mass is 79.9. The highest BCUT2D eigenvalue weighted by Gasteiger charge is 2.24. The summed E-state index contributed by atoms with van der Waals surface area (Å²) < 4.78 is 15.2. The van der Waals surface area contributed by atoms with Gasteiger partial charge in [0.2, 0.25) is 11.9 Å². The van der Waals surface area contributed by atoms with Crippen LogP contribution in [-0.2, 0) is 0 Å². The molecule has 1 N–H and O–H groups in total. The summed E-state index contributed by atoms with van der Waals surface area (Å²) in [5.41, 5.74) is 18.6. The van der Waals surface area contributed by atoms with Gasteiger partial charge in [0.25, 0.3) is 0 Å². The zero-order chi connectivity index (χ0) is 69.5. The van der Waals surface area contributed by atoms with Gasteiger partial charge in [-0.1, -0.05) is 234 Å². The minimum Gasteiger partial charge on any atom is -0.537 e. The average molecular weight is 1410 g/mol. The zero-order valence-corrected chi connectivity index (χ0v) is 57.1. The number of rotatable bonds is 11. The Bertz CT molecular complexity index is 6460. The van der Waals surface area contributed by atoms with E-state index in [2.05, 4.69) is 174 Å². The Morgan fingerprint density at radius 1 is 0.288 bits per heavy atom. The summed E-state index contributed by atoms with van der Waals surface area (Å²) in [5, 5.41) is 15.7. The van der Waals surface area contributed by atoms with Crippen molar-refractivity contribution < 1.29 is 9.68 Å². The molecule has 0 atom stereocenters. The van der Waals surface area contributed by atoms with E-state index in [0.717, 1.165) is 126 Å². The van der Waals surface area contributed by atoms with Crippen molar-refractivity contribution in [3.8, 4) is 85.7 Å². The van der Waals surface area contributed by atoms with Crippen LogP contribution in [0, 0.1) is 0 Å². The minimum absolute atomic E-state index is 0.504. The lowest BCUT2D eigenvalue weighted by Gasteiger charge is -2.11. The van der Waals surface area contributed by atoms with Gasteiger partial charge in [0, 0.05) is 82.8 Å². The van der Waals surface area contributed by atoms with Crippen LogP contribution in [0.3, 0.4) is 0 Å². The van der Waals surface area contributed by atoms with Gasteiger partial charge in [-0.05, 0) is 120 Å². The number of fused-ring (bicyclic) bond motifs is 12. The molecule has 1 radical (unpaired) electrons. The molecule has 16 heteroatoms. The van der Waals surface area contributed by atoms with E-state index in [1.54, 1.807) is 0 Å². The lowest BCUT2D eigenvalue weighted by Crippen LogP contribution is -2.06. The maximum absolute atomic E-state index is 9.31. The third kappa shape index (κ3) is 11.4. The van der Waals surface area contributed by atoms with Crippen LogP contribution in [-0.4, -0.2) is 70.8 Å². The van der Waals surface area contributed by atoms with Crippen LogP contribution in [0.15, 0.2) is 344 Å². The molecule has 104 heavy (non-hydrogen) atoms. The standard InChI is InChI=1S/C44H28N6.C27H18BN4O2.C17H11BrN2/c1-4-14-29(15-5-1)42-46-43(30-16-6-2-7-17-30)48-44(47-42)50-36-22-11-10-20-34(36)40-33(21-12-23-38(40)50)31-25-26-37-35(28-31)41-39(24-13-27-45-41)49(37)32-18-8-3-9-19-32;33-28-34-23-17-9-16-22-24(23)20-14-7-8-15-21(20)32(22)27-30-25(18-10-3-1-4-11-18)29-26(31-27)19-12-5-2-6-13-19;18-12-8-9-15-14(11-12)17-16(7-4-10-19-17)20(15)13-5-2-1-3-6-13/h1-28H;1-17,33H;1-11H. The minimum atomic E-state index is 0.504. The van der Waals surface area contributed by atoms with Gasteiger partial charge >= 0.3 is 7.69 Å². The molecule has 8 aromatic heterocycles. The van der Waals surface area contributed by atoms with Gasteiger partial charge in [-0.3, -0.25) is 19.1 Å². The van der Waals surface area contributed by atoms with E-state index in [4.69, 9.17) is 39.5 Å². The first-order valence-corrected chi connectivity index (χ1v) is 34.8. The molecule has 0 unspecified atom stereocenters. The topological polar surface area (TPSA) is 152 Å². The fourth-order valence-corrected chi connectivity index (χ4v) is 14.5. The summed E-state index contributed by atoms with van der Waals surface area (Å²) >= 11 is 3.55. The summed E-state index contributed by atoms with van der Waals surface area (Å²) in [7, 11) is 0.699. The fourth-order valence-electron chi connectivity index (χ4n) is 14.1. The Kier molecular flexibility index (Phi) is 16.4. The predicted octanol–water partition coefficient (Wildman–Crippen LogP) is 20.6. The van der Waals surface area contributed by atoms with Crippen LogP contribution in [0.5, 0.6) is 5.75 Å². The van der Waals surface area contributed by atoms with E-state index in [9.17, 15) is 5.02 Å². The van der Waals surface area contributed by atoms with Crippen molar-refractivity contribution in [2.24, 2.45) is 0 Å². The van der Waals surface area contributed by atoms with E-state index in [0.29, 0.717) is 48.6 Å². The van der Waals surface area contributed by atoms with E-state index < -0.39 is 0 Å². The number of nitrogens with zero attached hydrogens (tertiary/aromatic N) is 12. The Balaban J connectivity index is 0.000000122. The molecule has 8 heterocycles. The van der Waals surface area contributed by atoms with E-state index in [-0.39, 0.29) is 0 Å². The van der Waals surface area contributed by atoms with Gasteiger partial charge in [-0.2, -0.15) is 19.9 Å². The number of benzene rings is 12. The van der Waals surface area contributed by atoms with Crippen LogP contribution >= 0.6 is 15.9 Å². The average Bonchev–Trinajstić information content (AvgIpc) is 1.58. The van der Waals surface area contributed by atoms with Crippen molar-refractivity contribution in [2.45, 2.75) is 0 Å². The third-order valence-electron chi connectivity index (χ3n) is 18.7. The molecule has 20 rings (SSSR count). The van der Waals surface area contributed by atoms with E-state index >= 15 is 0 Å². The number of aromatic nitrogens is 12. The monoisotopic (exact) mass is 1400 g/mol. The lowest BCUT2D eigenvalue weighted by molar-refractivity contribution is 0.457. The second kappa shape index (κ2) is 27.2. The summed E-state index contributed by atoms with van der Waals surface area (Å²) in [6.45, 7) is 0. The molecular formula is C88H57BBrN12O2. The summed E-state index contributed by atoms with van der Waals surface area (Å²) in [6.07, 6.45) is 3.72. The van der Waals surface area contributed by atoms with Crippen LogP contribution in [0.1, 0.15) is 0 Å². The number of hydrogen-bond donors (Lipinski definition) is 1. The molecule has 0 aliphatic rings. The van der Waals surface area contributed by atoms with Crippen LogP contribution in [0.2, 0.25) is 0 Å². The van der Waals surface area contributed by atoms with Gasteiger partial charge in [0.05, 0.1) is 55.2 Å². The zero-order valence-electron chi connectivity index (χ0n) is 55.5. The van der Waals surface area contributed by atoms with Crippen molar-refractivity contribution >= 4 is 111 Å². The van der Waals surface area contributed by atoms with Crippen molar-refractivity contribution in [3.63, 3.8) is 0 Å². The SMILES string of the molecule is Brc1ccc2c(c1)c1ncccc1n2-c1ccccc1.O[B]Oc1cccc2c1c1ccccc1n2-c1nc(-c2ccccc2)nc(-c2ccccc2)n1.c1ccc(-c2nc(-c3ccccc3)nc(-n3c4ccccc4c4c(-c5ccc6c(c5)c5ncccc5n6-c5ccccc5)cccc43)n2)cc1. The van der Waals surface area contributed by atoms with Crippen molar-refractivity contribution in [1.82, 2.24) is 58.1 Å². The third-order valence-corrected chi connectivity index (χ3v) is 19.1. The first-order valence-electron chi connectivity index (χ1n) is 34.0. The van der Waals surface area contributed by atoms with Gasteiger partial charge in [-0.25, -0.2) is 9.97 Å². The van der Waals surface area contributed by atoms with Crippen molar-refractivity contribution in [3.05, 3.63) is 344 Å². The van der Waals surface area contributed by atoms with Gasteiger partial charge in [0.15, 0.2) is 23.3 Å². The lowest BCUT2D eigenvalue weighted by atomic mass is 9.98. The molecule has 0 saturated carbocycles. The second-order valence-corrected chi connectivity index (χ2v) is 25.7. The summed E-state index contributed by atoms with van der Waals surface area (Å²) in [6, 6.07) is 111. The van der Waals surface area contributed by atoms with Gasteiger partial charge in [0.1, 0.15) is 5.75 Å². The normalized spacial score (nSPS) is 11.4. The number of halogens is 1. The molecule has 14 nitrogen and oxygen atoms in total. The predicted molar refractivity (Wildman–Crippen MR) is 423 cm³/mol. The Hall–Kier alpha value is -13.5. The quantitative estimate of drug-likeness (QED) is 0.124. The van der Waals surface area contributed by atoms with Crippen LogP contribution < -0.4 is 4.65 Å². The maximum Gasteiger partial charge on any atom is 0.569 e. The fraction of sp³-hybridized carbons (Fsp3) is 0. The van der Waals surface area contributed by atoms with Gasteiger partial charge in [-0.15, -0.1) is 0 Å². The molecule has 0 aliphatic heterocycles. The highest BCUT2D eigenvalue weighted by molar-refractivity contribution is 9.10. The molecule has 0 saturated heterocycles. The molecule has 491 valence electrons. The number of para-hydroxylation sites is 4. The number of hydrogen-bond acceptors (Lipinski definition) is 10. The number of pyridine rings is 2. The second-order valence-electron chi connectivity index (χ2n) is 24.8. The molecule has 20 aromatic rings.